The number of likely N-dealkylation sites (N-methyl/N-ethyl adjacent to an activating group) is 1. The van der Waals surface area contributed by atoms with Gasteiger partial charge < -0.3 is 10.6 Å². The minimum Gasteiger partial charge on any atom is -0.355 e. The van der Waals surface area contributed by atoms with Gasteiger partial charge in [-0.3, -0.25) is 9.59 Å². The van der Waals surface area contributed by atoms with Crippen molar-refractivity contribution >= 4 is 11.7 Å². The average Bonchev–Trinajstić information content (AvgIpc) is 2.44. The number of benzene rings is 1. The summed E-state index contributed by atoms with van der Waals surface area (Å²) in [6.45, 7) is 5.51. The van der Waals surface area contributed by atoms with Crippen LogP contribution >= 0.6 is 0 Å². The van der Waals surface area contributed by atoms with Crippen molar-refractivity contribution in [2.24, 2.45) is 0 Å². The van der Waals surface area contributed by atoms with Crippen LogP contribution in [-0.2, 0) is 4.79 Å². The Morgan fingerprint density at radius 2 is 1.84 bits per heavy atom. The number of amides is 1. The van der Waals surface area contributed by atoms with Gasteiger partial charge >= 0.3 is 0 Å². The van der Waals surface area contributed by atoms with Crippen LogP contribution in [0.5, 0.6) is 0 Å². The molecular formula is C15H22N2O2. The Morgan fingerprint density at radius 1 is 1.16 bits per heavy atom. The lowest BCUT2D eigenvalue weighted by atomic mass is 10.1. The number of hydrogen-bond acceptors (Lipinski definition) is 3. The molecule has 1 rings (SSSR count). The van der Waals surface area contributed by atoms with Crippen molar-refractivity contribution in [2.45, 2.75) is 32.7 Å². The average molecular weight is 262 g/mol. The Hall–Kier alpha value is -1.68. The lowest BCUT2D eigenvalue weighted by molar-refractivity contribution is -0.121. The van der Waals surface area contributed by atoms with Crippen molar-refractivity contribution in [2.75, 3.05) is 13.1 Å². The Kier molecular flexibility index (Phi) is 6.82. The van der Waals surface area contributed by atoms with Gasteiger partial charge in [0.1, 0.15) is 0 Å². The number of nitrogens with one attached hydrogen (secondary N) is 2. The van der Waals surface area contributed by atoms with Gasteiger partial charge in [-0.15, -0.1) is 0 Å². The summed E-state index contributed by atoms with van der Waals surface area (Å²) in [4.78, 5) is 23.4. The summed E-state index contributed by atoms with van der Waals surface area (Å²) in [5.74, 6) is -0.0653. The van der Waals surface area contributed by atoms with Gasteiger partial charge in [0.05, 0.1) is 0 Å². The van der Waals surface area contributed by atoms with Crippen LogP contribution in [0, 0.1) is 0 Å². The van der Waals surface area contributed by atoms with Gasteiger partial charge in [-0.05, 0) is 13.5 Å². The van der Waals surface area contributed by atoms with Crippen molar-refractivity contribution in [3.05, 3.63) is 35.9 Å². The van der Waals surface area contributed by atoms with E-state index in [1.54, 1.807) is 12.1 Å². The molecular weight excluding hydrogens is 240 g/mol. The van der Waals surface area contributed by atoms with Crippen LogP contribution in [0.2, 0.25) is 0 Å². The van der Waals surface area contributed by atoms with E-state index in [9.17, 15) is 9.59 Å². The maximum Gasteiger partial charge on any atom is 0.220 e. The Morgan fingerprint density at radius 3 is 2.47 bits per heavy atom. The van der Waals surface area contributed by atoms with E-state index in [-0.39, 0.29) is 30.6 Å². The maximum atomic E-state index is 11.8. The summed E-state index contributed by atoms with van der Waals surface area (Å²) in [7, 11) is 0. The van der Waals surface area contributed by atoms with Crippen LogP contribution in [0.3, 0.4) is 0 Å². The van der Waals surface area contributed by atoms with Crippen molar-refractivity contribution in [1.82, 2.24) is 10.6 Å². The van der Waals surface area contributed by atoms with Gasteiger partial charge in [0, 0.05) is 31.0 Å². The Balaban J connectivity index is 2.25. The molecule has 0 unspecified atom stereocenters. The van der Waals surface area contributed by atoms with E-state index in [0.717, 1.165) is 6.54 Å². The second-order valence-electron chi connectivity index (χ2n) is 4.55. The van der Waals surface area contributed by atoms with E-state index in [0.29, 0.717) is 12.1 Å². The highest BCUT2D eigenvalue weighted by molar-refractivity contribution is 5.97. The van der Waals surface area contributed by atoms with Crippen LogP contribution in [0.4, 0.5) is 0 Å². The van der Waals surface area contributed by atoms with Gasteiger partial charge in [-0.25, -0.2) is 0 Å². The highest BCUT2D eigenvalue weighted by Crippen LogP contribution is 2.04. The summed E-state index contributed by atoms with van der Waals surface area (Å²) in [6.07, 6.45) is 0.498. The normalized spacial score (nSPS) is 11.9. The summed E-state index contributed by atoms with van der Waals surface area (Å²) in [5.41, 5.74) is 0.663. The number of ketones is 1. The van der Waals surface area contributed by atoms with Gasteiger partial charge in [0.2, 0.25) is 5.91 Å². The largest absolute Gasteiger partial charge is 0.355 e. The smallest absolute Gasteiger partial charge is 0.220 e. The minimum absolute atomic E-state index is 0.00971. The van der Waals surface area contributed by atoms with Gasteiger partial charge in [0.15, 0.2) is 5.78 Å². The molecule has 4 heteroatoms. The topological polar surface area (TPSA) is 58.2 Å². The number of carbonyl (C=O) groups is 2. The standard InChI is InChI=1S/C15H22N2O2/c1-3-16-12(2)11-17-15(19)10-9-14(18)13-7-5-4-6-8-13/h4-8,12,16H,3,9-11H2,1-2H3,(H,17,19)/t12-/m1/s1. The molecule has 0 radical (unpaired) electrons. The molecule has 4 nitrogen and oxygen atoms in total. The first-order valence-electron chi connectivity index (χ1n) is 6.71. The molecule has 0 aliphatic rings. The summed E-state index contributed by atoms with van der Waals surface area (Å²) in [5, 5.41) is 6.03. The van der Waals surface area contributed by atoms with E-state index in [4.69, 9.17) is 0 Å². The number of carbonyl (C=O) groups excluding carboxylic acids is 2. The first-order valence-corrected chi connectivity index (χ1v) is 6.71. The monoisotopic (exact) mass is 262 g/mol. The van der Waals surface area contributed by atoms with Crippen LogP contribution in [0.1, 0.15) is 37.0 Å². The molecule has 0 aromatic heterocycles. The molecule has 0 heterocycles. The molecule has 0 saturated heterocycles. The minimum atomic E-state index is -0.0750. The Bertz CT molecular complexity index is 404. The molecule has 0 aliphatic carbocycles. The quantitative estimate of drug-likeness (QED) is 0.702. The fourth-order valence-electron chi connectivity index (χ4n) is 1.77. The number of hydrogen-bond donors (Lipinski definition) is 2. The van der Waals surface area contributed by atoms with Crippen molar-refractivity contribution in [3.63, 3.8) is 0 Å². The molecule has 2 N–H and O–H groups in total. The van der Waals surface area contributed by atoms with E-state index < -0.39 is 0 Å². The second kappa shape index (κ2) is 8.43. The van der Waals surface area contributed by atoms with Gasteiger partial charge in [-0.1, -0.05) is 37.3 Å². The van der Waals surface area contributed by atoms with Gasteiger partial charge in [-0.2, -0.15) is 0 Å². The molecule has 0 saturated carbocycles. The molecule has 1 atom stereocenters. The predicted octanol–water partition coefficient (Wildman–Crippen LogP) is 1.76. The van der Waals surface area contributed by atoms with Crippen LogP contribution in [0.15, 0.2) is 30.3 Å². The highest BCUT2D eigenvalue weighted by atomic mass is 16.2. The zero-order chi connectivity index (χ0) is 14.1. The third-order valence-corrected chi connectivity index (χ3v) is 2.83. The fourth-order valence-corrected chi connectivity index (χ4v) is 1.77. The third-order valence-electron chi connectivity index (χ3n) is 2.83. The lowest BCUT2D eigenvalue weighted by Gasteiger charge is -2.12. The number of Topliss-reactive ketones (excluding diaryl/α,β-unsaturated/α-hetero) is 1. The first-order chi connectivity index (χ1) is 9.13. The molecule has 1 amide bonds. The molecule has 0 bridgehead atoms. The lowest BCUT2D eigenvalue weighted by Crippen LogP contribution is -2.38. The fraction of sp³-hybridized carbons (Fsp3) is 0.467. The molecule has 0 fully saturated rings. The maximum absolute atomic E-state index is 11.8. The third kappa shape index (κ3) is 6.15. The summed E-state index contributed by atoms with van der Waals surface area (Å²) < 4.78 is 0. The van der Waals surface area contributed by atoms with Crippen LogP contribution < -0.4 is 10.6 Å². The molecule has 104 valence electrons. The molecule has 1 aromatic rings. The van der Waals surface area contributed by atoms with E-state index in [1.165, 1.54) is 0 Å². The molecule has 19 heavy (non-hydrogen) atoms. The second-order valence-corrected chi connectivity index (χ2v) is 4.55. The Labute approximate surface area is 114 Å². The van der Waals surface area contributed by atoms with Crippen molar-refractivity contribution in [3.8, 4) is 0 Å². The van der Waals surface area contributed by atoms with Gasteiger partial charge in [0.25, 0.3) is 0 Å². The van der Waals surface area contributed by atoms with Crippen molar-refractivity contribution < 1.29 is 9.59 Å². The highest BCUT2D eigenvalue weighted by Gasteiger charge is 2.09. The van der Waals surface area contributed by atoms with E-state index >= 15 is 0 Å². The first kappa shape index (κ1) is 15.4. The molecule has 0 spiro atoms. The zero-order valence-corrected chi connectivity index (χ0v) is 11.6. The SMILES string of the molecule is CCN[C@H](C)CNC(=O)CCC(=O)c1ccccc1. The number of rotatable bonds is 8. The molecule has 1 aromatic carbocycles. The van der Waals surface area contributed by atoms with Crippen LogP contribution in [-0.4, -0.2) is 30.8 Å². The molecule has 0 aliphatic heterocycles. The predicted molar refractivity (Wildman–Crippen MR) is 76.2 cm³/mol. The zero-order valence-electron chi connectivity index (χ0n) is 11.6. The summed E-state index contributed by atoms with van der Waals surface area (Å²) in [6, 6.07) is 9.31. The van der Waals surface area contributed by atoms with E-state index in [2.05, 4.69) is 10.6 Å². The van der Waals surface area contributed by atoms with E-state index in [1.807, 2.05) is 32.0 Å². The van der Waals surface area contributed by atoms with Crippen molar-refractivity contribution in [1.29, 1.82) is 0 Å². The van der Waals surface area contributed by atoms with Crippen LogP contribution in [0.25, 0.3) is 0 Å². The summed E-state index contributed by atoms with van der Waals surface area (Å²) >= 11 is 0.